The van der Waals surface area contributed by atoms with Crippen molar-refractivity contribution in [2.24, 2.45) is 0 Å². The summed E-state index contributed by atoms with van der Waals surface area (Å²) in [7, 11) is 4.18. The van der Waals surface area contributed by atoms with E-state index in [2.05, 4.69) is 41.8 Å². The predicted octanol–water partition coefficient (Wildman–Crippen LogP) is 3.59. The molecule has 108 valence electrons. The standard InChI is InChI=1S/C16H21FN2S/c1-12-9-14(17)7-6-13(12)10-18-11-15(19(2)3)16-5-4-8-20-16/h4-9,15,18H,10-11H2,1-3H3. The highest BCUT2D eigenvalue weighted by molar-refractivity contribution is 7.10. The van der Waals surface area contributed by atoms with Gasteiger partial charge in [-0.25, -0.2) is 4.39 Å². The Hall–Kier alpha value is -1.23. The van der Waals surface area contributed by atoms with E-state index in [1.54, 1.807) is 17.4 Å². The summed E-state index contributed by atoms with van der Waals surface area (Å²) in [6.07, 6.45) is 0. The zero-order chi connectivity index (χ0) is 14.5. The van der Waals surface area contributed by atoms with Gasteiger partial charge in [0.25, 0.3) is 0 Å². The Bertz CT molecular complexity index is 537. The SMILES string of the molecule is Cc1cc(F)ccc1CNCC(c1cccs1)N(C)C. The number of aryl methyl sites for hydroxylation is 1. The highest BCUT2D eigenvalue weighted by Gasteiger charge is 2.14. The molecule has 20 heavy (non-hydrogen) atoms. The van der Waals surface area contributed by atoms with Gasteiger partial charge in [-0.3, -0.25) is 0 Å². The maximum atomic E-state index is 13.1. The third-order valence-electron chi connectivity index (χ3n) is 3.45. The first-order valence-electron chi connectivity index (χ1n) is 6.73. The monoisotopic (exact) mass is 292 g/mol. The molecule has 4 heteroatoms. The van der Waals surface area contributed by atoms with Crippen molar-refractivity contribution in [1.82, 2.24) is 10.2 Å². The van der Waals surface area contributed by atoms with Gasteiger partial charge in [-0.2, -0.15) is 0 Å². The molecule has 0 radical (unpaired) electrons. The van der Waals surface area contributed by atoms with E-state index in [-0.39, 0.29) is 5.82 Å². The number of nitrogens with zero attached hydrogens (tertiary/aromatic N) is 1. The van der Waals surface area contributed by atoms with Crippen molar-refractivity contribution in [2.45, 2.75) is 19.5 Å². The van der Waals surface area contributed by atoms with Gasteiger partial charge in [0.15, 0.2) is 0 Å². The number of likely N-dealkylation sites (N-methyl/N-ethyl adjacent to an activating group) is 1. The molecule has 0 aliphatic heterocycles. The van der Waals surface area contributed by atoms with E-state index in [9.17, 15) is 4.39 Å². The van der Waals surface area contributed by atoms with Crippen LogP contribution >= 0.6 is 11.3 Å². The molecule has 0 saturated heterocycles. The highest BCUT2D eigenvalue weighted by Crippen LogP contribution is 2.22. The number of hydrogen-bond acceptors (Lipinski definition) is 3. The van der Waals surface area contributed by atoms with Gasteiger partial charge in [0.2, 0.25) is 0 Å². The van der Waals surface area contributed by atoms with E-state index in [4.69, 9.17) is 0 Å². The van der Waals surface area contributed by atoms with Crippen LogP contribution in [-0.2, 0) is 6.54 Å². The van der Waals surface area contributed by atoms with Gasteiger partial charge in [0.1, 0.15) is 5.82 Å². The molecule has 0 amide bonds. The second-order valence-corrected chi connectivity index (χ2v) is 6.18. The average molecular weight is 292 g/mol. The van der Waals surface area contributed by atoms with Crippen LogP contribution in [0.4, 0.5) is 4.39 Å². The van der Waals surface area contributed by atoms with Crippen molar-refractivity contribution >= 4 is 11.3 Å². The molecule has 2 nitrogen and oxygen atoms in total. The summed E-state index contributed by atoms with van der Waals surface area (Å²) in [4.78, 5) is 3.58. The summed E-state index contributed by atoms with van der Waals surface area (Å²) in [5.74, 6) is -0.170. The predicted molar refractivity (Wildman–Crippen MR) is 83.6 cm³/mol. The van der Waals surface area contributed by atoms with E-state index < -0.39 is 0 Å². The van der Waals surface area contributed by atoms with Gasteiger partial charge in [0.05, 0.1) is 6.04 Å². The molecule has 1 heterocycles. The Morgan fingerprint density at radius 3 is 2.70 bits per heavy atom. The Morgan fingerprint density at radius 1 is 1.30 bits per heavy atom. The second kappa shape index (κ2) is 6.97. The van der Waals surface area contributed by atoms with Gasteiger partial charge in [0, 0.05) is 18.0 Å². The van der Waals surface area contributed by atoms with Gasteiger partial charge in [-0.15, -0.1) is 11.3 Å². The molecule has 1 aromatic carbocycles. The number of nitrogens with one attached hydrogen (secondary N) is 1. The van der Waals surface area contributed by atoms with E-state index in [0.29, 0.717) is 6.04 Å². The zero-order valence-corrected chi connectivity index (χ0v) is 13.0. The van der Waals surface area contributed by atoms with Crippen LogP contribution in [0.2, 0.25) is 0 Å². The van der Waals surface area contributed by atoms with Crippen LogP contribution in [0.5, 0.6) is 0 Å². The topological polar surface area (TPSA) is 15.3 Å². The molecular weight excluding hydrogens is 271 g/mol. The zero-order valence-electron chi connectivity index (χ0n) is 12.2. The third-order valence-corrected chi connectivity index (χ3v) is 4.43. The van der Waals surface area contributed by atoms with Gasteiger partial charge >= 0.3 is 0 Å². The minimum Gasteiger partial charge on any atom is -0.311 e. The molecule has 1 unspecified atom stereocenters. The van der Waals surface area contributed by atoms with Crippen molar-refractivity contribution in [3.05, 3.63) is 57.5 Å². The smallest absolute Gasteiger partial charge is 0.123 e. The Kier molecular flexibility index (Phi) is 5.29. The Balaban J connectivity index is 1.94. The first-order chi connectivity index (χ1) is 9.58. The average Bonchev–Trinajstić information content (AvgIpc) is 2.90. The number of hydrogen-bond donors (Lipinski definition) is 1. The van der Waals surface area contributed by atoms with Crippen LogP contribution in [0.1, 0.15) is 22.0 Å². The molecule has 0 spiro atoms. The minimum atomic E-state index is -0.170. The van der Waals surface area contributed by atoms with Crippen LogP contribution in [0, 0.1) is 12.7 Å². The van der Waals surface area contributed by atoms with Crippen molar-refractivity contribution in [2.75, 3.05) is 20.6 Å². The maximum Gasteiger partial charge on any atom is 0.123 e. The molecular formula is C16H21FN2S. The molecule has 0 aliphatic rings. The minimum absolute atomic E-state index is 0.170. The molecule has 1 aromatic heterocycles. The normalized spacial score (nSPS) is 12.8. The van der Waals surface area contributed by atoms with Crippen molar-refractivity contribution in [3.63, 3.8) is 0 Å². The van der Waals surface area contributed by atoms with E-state index >= 15 is 0 Å². The van der Waals surface area contributed by atoms with E-state index in [1.165, 1.54) is 10.9 Å². The number of rotatable bonds is 6. The highest BCUT2D eigenvalue weighted by atomic mass is 32.1. The molecule has 2 rings (SSSR count). The summed E-state index contributed by atoms with van der Waals surface area (Å²) in [6.45, 7) is 3.59. The van der Waals surface area contributed by atoms with Gasteiger partial charge in [-0.1, -0.05) is 12.1 Å². The lowest BCUT2D eigenvalue weighted by atomic mass is 10.1. The third kappa shape index (κ3) is 3.88. The van der Waals surface area contributed by atoms with Crippen molar-refractivity contribution < 1.29 is 4.39 Å². The quantitative estimate of drug-likeness (QED) is 0.875. The van der Waals surface area contributed by atoms with E-state index in [0.717, 1.165) is 24.2 Å². The summed E-state index contributed by atoms with van der Waals surface area (Å²) in [5.41, 5.74) is 2.14. The first-order valence-corrected chi connectivity index (χ1v) is 7.61. The summed E-state index contributed by atoms with van der Waals surface area (Å²) < 4.78 is 13.1. The fourth-order valence-corrected chi connectivity index (χ4v) is 3.14. The molecule has 1 N–H and O–H groups in total. The van der Waals surface area contributed by atoms with Crippen LogP contribution in [-0.4, -0.2) is 25.5 Å². The van der Waals surface area contributed by atoms with Crippen LogP contribution < -0.4 is 5.32 Å². The molecule has 0 aliphatic carbocycles. The molecule has 0 fully saturated rings. The number of thiophene rings is 1. The number of halogens is 1. The summed E-state index contributed by atoms with van der Waals surface area (Å²) >= 11 is 1.78. The lowest BCUT2D eigenvalue weighted by Gasteiger charge is -2.23. The lowest BCUT2D eigenvalue weighted by Crippen LogP contribution is -2.30. The molecule has 0 bridgehead atoms. The lowest BCUT2D eigenvalue weighted by molar-refractivity contribution is 0.292. The fourth-order valence-electron chi connectivity index (χ4n) is 2.22. The van der Waals surface area contributed by atoms with E-state index in [1.807, 2.05) is 13.0 Å². The Labute approximate surface area is 124 Å². The van der Waals surface area contributed by atoms with Crippen molar-refractivity contribution in [1.29, 1.82) is 0 Å². The summed E-state index contributed by atoms with van der Waals surface area (Å²) in [5, 5.41) is 5.58. The second-order valence-electron chi connectivity index (χ2n) is 5.20. The Morgan fingerprint density at radius 2 is 2.10 bits per heavy atom. The fraction of sp³-hybridized carbons (Fsp3) is 0.375. The number of benzene rings is 1. The largest absolute Gasteiger partial charge is 0.311 e. The molecule has 0 saturated carbocycles. The van der Waals surface area contributed by atoms with Crippen LogP contribution in [0.3, 0.4) is 0 Å². The maximum absolute atomic E-state index is 13.1. The molecule has 1 atom stereocenters. The van der Waals surface area contributed by atoms with Crippen LogP contribution in [0.25, 0.3) is 0 Å². The van der Waals surface area contributed by atoms with Crippen LogP contribution in [0.15, 0.2) is 35.7 Å². The van der Waals surface area contributed by atoms with Gasteiger partial charge in [-0.05, 0) is 55.7 Å². The van der Waals surface area contributed by atoms with Crippen molar-refractivity contribution in [3.8, 4) is 0 Å². The first kappa shape index (κ1) is 15.2. The van der Waals surface area contributed by atoms with Gasteiger partial charge < -0.3 is 10.2 Å². The summed E-state index contributed by atoms with van der Waals surface area (Å²) in [6, 6.07) is 9.58. The molecule has 2 aromatic rings.